The molecule has 4 heterocycles. The molecule has 4 aliphatic rings. The third-order valence-electron chi connectivity index (χ3n) is 16.1. The minimum Gasteiger partial charge on any atom is -0.484 e. The summed E-state index contributed by atoms with van der Waals surface area (Å²) < 4.78 is 29.8. The van der Waals surface area contributed by atoms with Gasteiger partial charge in [-0.25, -0.2) is 0 Å². The first kappa shape index (κ1) is 56.9. The van der Waals surface area contributed by atoms with Crippen LogP contribution in [0.3, 0.4) is 0 Å². The normalized spacial score (nSPS) is 27.7. The lowest BCUT2D eigenvalue weighted by Gasteiger charge is -2.40. The van der Waals surface area contributed by atoms with Crippen LogP contribution in [0.2, 0.25) is 0 Å². The fraction of sp³-hybridized carbons (Fsp3) is 0.828. The first-order valence-electron chi connectivity index (χ1n) is 27.5. The van der Waals surface area contributed by atoms with Gasteiger partial charge in [-0.15, -0.1) is 0 Å². The molecule has 4 atom stereocenters. The van der Waals surface area contributed by atoms with Gasteiger partial charge in [0.2, 0.25) is 0 Å². The SMILES string of the molecule is CCCCON1C(C)(C)CC(Oc2cc3ccc(OC4CC(C)(C)N(OCCCC)C4(C)C)c(OC4CC(C)(C)N(OCCCC)C4(C)C)c3cc2OC2CC(C)(C)N(OCCCC)C2(C)C)C1(C)C. The molecule has 12 heteroatoms. The Hall–Kier alpha value is -2.42. The van der Waals surface area contributed by atoms with Crippen molar-refractivity contribution < 1.29 is 38.3 Å². The minimum atomic E-state index is -0.468. The monoisotopic (exact) mass is 981 g/mol. The van der Waals surface area contributed by atoms with Crippen LogP contribution < -0.4 is 18.9 Å². The van der Waals surface area contributed by atoms with Crippen molar-refractivity contribution >= 4 is 10.8 Å². The highest BCUT2D eigenvalue weighted by molar-refractivity contribution is 5.93. The van der Waals surface area contributed by atoms with E-state index >= 15 is 0 Å². The van der Waals surface area contributed by atoms with Gasteiger partial charge in [0.15, 0.2) is 23.0 Å². The molecule has 0 N–H and O–H groups in total. The minimum absolute atomic E-state index is 0.195. The smallest absolute Gasteiger partial charge is 0.169 e. The molecular formula is C58H100N4O8. The van der Waals surface area contributed by atoms with Crippen LogP contribution in [-0.2, 0) is 19.4 Å². The summed E-state index contributed by atoms with van der Waals surface area (Å²) >= 11 is 0. The van der Waals surface area contributed by atoms with Crippen LogP contribution in [0.15, 0.2) is 24.3 Å². The molecule has 12 nitrogen and oxygen atoms in total. The first-order valence-corrected chi connectivity index (χ1v) is 27.5. The molecule has 4 fully saturated rings. The van der Waals surface area contributed by atoms with E-state index in [1.54, 1.807) is 0 Å². The Kier molecular flexibility index (Phi) is 17.4. The highest BCUT2D eigenvalue weighted by Gasteiger charge is 2.58. The molecule has 2 aromatic rings. The zero-order valence-electron chi connectivity index (χ0n) is 48.0. The topological polar surface area (TPSA) is 86.8 Å². The summed E-state index contributed by atoms with van der Waals surface area (Å²) in [5, 5.41) is 10.6. The summed E-state index contributed by atoms with van der Waals surface area (Å²) in [7, 11) is 0. The van der Waals surface area contributed by atoms with Crippen molar-refractivity contribution in [3.8, 4) is 23.0 Å². The molecule has 4 unspecified atom stereocenters. The molecule has 0 amide bonds. The standard InChI is InChI=1S/C58H100N4O8/c1-21-25-31-63-59-51(5,6)37-46(55(59,13)14)67-43-30-29-41-35-44(68-47-38-52(7,8)60(56(47,15)16)64-32-26-22-2)45(69-48-39-53(9,10)61(57(48,17)18)65-33-27-23-3)36-42(41)50(43)70-49-40-54(11,12)62(58(49,19)20)66-34-28-24-4/h29-30,35-36,46-49H,21-28,31-34,37-40H2,1-20H3. The average Bonchev–Trinajstić information content (AvgIpc) is 3.70. The largest absolute Gasteiger partial charge is 0.484 e. The van der Waals surface area contributed by atoms with Crippen LogP contribution in [-0.4, -0.2) is 115 Å². The third kappa shape index (κ3) is 11.4. The molecule has 0 radical (unpaired) electrons. The van der Waals surface area contributed by atoms with Gasteiger partial charge in [0.25, 0.3) is 0 Å². The van der Waals surface area contributed by atoms with Gasteiger partial charge in [0.1, 0.15) is 24.4 Å². The van der Waals surface area contributed by atoms with Crippen molar-refractivity contribution in [1.82, 2.24) is 20.3 Å². The second-order valence-electron chi connectivity index (χ2n) is 25.9. The van der Waals surface area contributed by atoms with Gasteiger partial charge in [0.05, 0.1) is 48.6 Å². The molecule has 70 heavy (non-hydrogen) atoms. The quantitative estimate of drug-likeness (QED) is 0.0939. The number of rotatable bonds is 24. The summed E-state index contributed by atoms with van der Waals surface area (Å²) in [5.74, 6) is 2.77. The van der Waals surface area contributed by atoms with E-state index in [0.29, 0.717) is 49.4 Å². The van der Waals surface area contributed by atoms with E-state index in [-0.39, 0.29) is 46.6 Å². The van der Waals surface area contributed by atoms with Gasteiger partial charge < -0.3 is 18.9 Å². The summed E-state index contributed by atoms with van der Waals surface area (Å²) in [6.45, 7) is 47.5. The molecule has 0 saturated carbocycles. The first-order chi connectivity index (χ1) is 32.5. The Morgan fingerprint density at radius 3 is 0.986 bits per heavy atom. The van der Waals surface area contributed by atoms with Gasteiger partial charge in [-0.1, -0.05) is 59.4 Å². The second kappa shape index (κ2) is 21.4. The molecule has 0 bridgehead atoms. The summed E-state index contributed by atoms with van der Waals surface area (Å²) in [5.41, 5.74) is -2.86. The van der Waals surface area contributed by atoms with Crippen LogP contribution in [0.5, 0.6) is 23.0 Å². The molecule has 0 spiro atoms. The van der Waals surface area contributed by atoms with E-state index < -0.39 is 22.2 Å². The van der Waals surface area contributed by atoms with E-state index in [9.17, 15) is 0 Å². The fourth-order valence-electron chi connectivity index (χ4n) is 12.4. The van der Waals surface area contributed by atoms with Gasteiger partial charge in [-0.2, -0.15) is 20.3 Å². The highest BCUT2D eigenvalue weighted by Crippen LogP contribution is 2.52. The van der Waals surface area contributed by atoms with Crippen LogP contribution in [0.25, 0.3) is 10.8 Å². The van der Waals surface area contributed by atoms with Gasteiger partial charge in [-0.3, -0.25) is 19.4 Å². The molecule has 0 aliphatic carbocycles. The lowest BCUT2D eigenvalue weighted by Crippen LogP contribution is -2.52. The average molecular weight is 981 g/mol. The summed E-state index contributed by atoms with van der Waals surface area (Å²) in [6.07, 6.45) is 10.5. The number of hydroxylamine groups is 8. The van der Waals surface area contributed by atoms with Crippen molar-refractivity contribution in [1.29, 1.82) is 0 Å². The van der Waals surface area contributed by atoms with Crippen molar-refractivity contribution in [2.45, 2.75) is 284 Å². The third-order valence-corrected chi connectivity index (χ3v) is 16.1. The predicted octanol–water partition coefficient (Wildman–Crippen LogP) is 13.8. The Bertz CT molecular complexity index is 2000. The van der Waals surface area contributed by atoms with Crippen LogP contribution in [0, 0.1) is 0 Å². The summed E-state index contributed by atoms with van der Waals surface area (Å²) in [4.78, 5) is 26.4. The number of unbranched alkanes of at least 4 members (excludes halogenated alkanes) is 4. The molecule has 2 aromatic carbocycles. The molecular weight excluding hydrogens is 881 g/mol. The van der Waals surface area contributed by atoms with Crippen molar-refractivity contribution in [3.05, 3.63) is 24.3 Å². The number of hydrogen-bond acceptors (Lipinski definition) is 12. The lowest BCUT2D eigenvalue weighted by molar-refractivity contribution is -0.246. The van der Waals surface area contributed by atoms with Crippen molar-refractivity contribution in [3.63, 3.8) is 0 Å². The predicted molar refractivity (Wildman–Crippen MR) is 284 cm³/mol. The highest BCUT2D eigenvalue weighted by atomic mass is 16.7. The number of nitrogens with zero attached hydrogens (tertiary/aromatic N) is 4. The molecule has 0 aromatic heterocycles. The van der Waals surface area contributed by atoms with E-state index in [2.05, 4.69) is 183 Å². The van der Waals surface area contributed by atoms with Crippen molar-refractivity contribution in [2.75, 3.05) is 26.4 Å². The Balaban J connectivity index is 1.51. The zero-order valence-corrected chi connectivity index (χ0v) is 48.0. The maximum absolute atomic E-state index is 7.57. The van der Waals surface area contributed by atoms with Crippen LogP contribution in [0.4, 0.5) is 0 Å². The van der Waals surface area contributed by atoms with Crippen LogP contribution in [0.1, 0.15) is 216 Å². The number of benzene rings is 2. The van der Waals surface area contributed by atoms with Gasteiger partial charge >= 0.3 is 0 Å². The van der Waals surface area contributed by atoms with E-state index in [1.165, 1.54) is 0 Å². The molecule has 6 rings (SSSR count). The van der Waals surface area contributed by atoms with Crippen molar-refractivity contribution in [2.24, 2.45) is 0 Å². The Morgan fingerprint density at radius 2 is 0.671 bits per heavy atom. The van der Waals surface area contributed by atoms with Crippen LogP contribution >= 0.6 is 0 Å². The van der Waals surface area contributed by atoms with E-state index in [1.807, 2.05) is 0 Å². The lowest BCUT2D eigenvalue weighted by atomic mass is 9.96. The molecule has 400 valence electrons. The van der Waals surface area contributed by atoms with Gasteiger partial charge in [0, 0.05) is 53.2 Å². The molecule has 4 saturated heterocycles. The number of hydrogen-bond donors (Lipinski definition) is 0. The van der Waals surface area contributed by atoms with Gasteiger partial charge in [-0.05, 0) is 160 Å². The zero-order chi connectivity index (χ0) is 51.9. The van der Waals surface area contributed by atoms with E-state index in [0.717, 1.165) is 87.8 Å². The van der Waals surface area contributed by atoms with E-state index in [4.69, 9.17) is 38.3 Å². The summed E-state index contributed by atoms with van der Waals surface area (Å²) in [6, 6.07) is 8.61. The number of ether oxygens (including phenoxy) is 4. The maximum atomic E-state index is 7.57. The molecule has 4 aliphatic heterocycles. The fourth-order valence-corrected chi connectivity index (χ4v) is 12.4. The second-order valence-corrected chi connectivity index (χ2v) is 25.9. The number of fused-ring (bicyclic) bond motifs is 1. The Morgan fingerprint density at radius 1 is 0.386 bits per heavy atom. The Labute approximate surface area is 425 Å². The maximum Gasteiger partial charge on any atom is 0.169 e.